The van der Waals surface area contributed by atoms with Crippen LogP contribution in [0.1, 0.15) is 24.1 Å². The minimum Gasteiger partial charge on any atom is -0.467 e. The van der Waals surface area contributed by atoms with Crippen molar-refractivity contribution in [3.63, 3.8) is 0 Å². The number of aromatic nitrogens is 2. The molecule has 0 radical (unpaired) electrons. The average molecular weight is 306 g/mol. The van der Waals surface area contributed by atoms with E-state index in [2.05, 4.69) is 9.97 Å². The van der Waals surface area contributed by atoms with Crippen LogP contribution >= 0.6 is 0 Å². The highest BCUT2D eigenvalue weighted by molar-refractivity contribution is 7.90. The van der Waals surface area contributed by atoms with Gasteiger partial charge in [0.25, 0.3) is 0 Å². The maximum Gasteiger partial charge on any atom is 0.316 e. The van der Waals surface area contributed by atoms with Crippen LogP contribution in [0.15, 0.2) is 42.6 Å². The maximum absolute atomic E-state index is 12.3. The van der Waals surface area contributed by atoms with E-state index in [-0.39, 0.29) is 23.4 Å². The van der Waals surface area contributed by atoms with E-state index in [1.54, 1.807) is 6.07 Å². The Balaban J connectivity index is 2.08. The van der Waals surface area contributed by atoms with Crippen molar-refractivity contribution in [3.05, 3.63) is 53.9 Å². The zero-order valence-electron chi connectivity index (χ0n) is 12.1. The third kappa shape index (κ3) is 4.53. The van der Waals surface area contributed by atoms with E-state index in [0.717, 1.165) is 5.56 Å². The van der Waals surface area contributed by atoms with E-state index in [4.69, 9.17) is 4.74 Å². The number of sulfone groups is 1. The summed E-state index contributed by atoms with van der Waals surface area (Å²) >= 11 is 0. The van der Waals surface area contributed by atoms with E-state index in [1.807, 2.05) is 37.3 Å². The molecule has 0 aliphatic heterocycles. The number of benzene rings is 1. The zero-order valence-corrected chi connectivity index (χ0v) is 12.9. The first-order chi connectivity index (χ1) is 10.00. The minimum atomic E-state index is -3.25. The summed E-state index contributed by atoms with van der Waals surface area (Å²) in [6.45, 7) is 1.91. The first-order valence-corrected chi connectivity index (χ1v) is 8.43. The SMILES string of the molecule is COc1nccc(CS(=O)(=O)CC(C)c2ccccc2)n1. The van der Waals surface area contributed by atoms with Gasteiger partial charge in [-0.15, -0.1) is 0 Å². The summed E-state index contributed by atoms with van der Waals surface area (Å²) in [5.74, 6) is -0.0771. The minimum absolute atomic E-state index is 0.0556. The molecule has 0 spiro atoms. The number of ether oxygens (including phenoxy) is 1. The van der Waals surface area contributed by atoms with Crippen molar-refractivity contribution in [2.75, 3.05) is 12.9 Å². The molecule has 1 atom stereocenters. The molecule has 21 heavy (non-hydrogen) atoms. The van der Waals surface area contributed by atoms with Gasteiger partial charge in [0, 0.05) is 6.20 Å². The molecule has 1 heterocycles. The second-order valence-corrected chi connectivity index (χ2v) is 7.01. The first kappa shape index (κ1) is 15.4. The molecule has 2 rings (SSSR count). The molecule has 0 aliphatic carbocycles. The van der Waals surface area contributed by atoms with Crippen LogP contribution < -0.4 is 4.74 Å². The van der Waals surface area contributed by atoms with E-state index in [0.29, 0.717) is 5.69 Å². The molecule has 0 bridgehead atoms. The number of hydrogen-bond acceptors (Lipinski definition) is 5. The van der Waals surface area contributed by atoms with Crippen LogP contribution in [0.3, 0.4) is 0 Å². The average Bonchev–Trinajstić information content (AvgIpc) is 2.47. The molecule has 0 aliphatic rings. The maximum atomic E-state index is 12.3. The third-order valence-corrected chi connectivity index (χ3v) is 4.86. The fraction of sp³-hybridized carbons (Fsp3) is 0.333. The molecule has 0 fully saturated rings. The number of nitrogens with zero attached hydrogens (tertiary/aromatic N) is 2. The molecule has 1 aromatic carbocycles. The fourth-order valence-electron chi connectivity index (χ4n) is 2.10. The van der Waals surface area contributed by atoms with Gasteiger partial charge in [0.1, 0.15) is 0 Å². The van der Waals surface area contributed by atoms with Crippen molar-refractivity contribution < 1.29 is 13.2 Å². The Bertz CT molecular complexity index is 687. The first-order valence-electron chi connectivity index (χ1n) is 6.61. The Hall–Kier alpha value is -1.95. The highest BCUT2D eigenvalue weighted by Gasteiger charge is 2.19. The largest absolute Gasteiger partial charge is 0.467 e. The highest BCUT2D eigenvalue weighted by atomic mass is 32.2. The highest BCUT2D eigenvalue weighted by Crippen LogP contribution is 2.19. The molecule has 1 unspecified atom stereocenters. The van der Waals surface area contributed by atoms with Crippen LogP contribution in [0, 0.1) is 0 Å². The molecule has 6 heteroatoms. The molecule has 0 N–H and O–H groups in total. The molecule has 0 saturated heterocycles. The molecule has 5 nitrogen and oxygen atoms in total. The third-order valence-electron chi connectivity index (χ3n) is 3.11. The molecule has 112 valence electrons. The van der Waals surface area contributed by atoms with Gasteiger partial charge < -0.3 is 4.74 Å². The van der Waals surface area contributed by atoms with Gasteiger partial charge in [-0.2, -0.15) is 4.98 Å². The van der Waals surface area contributed by atoms with Gasteiger partial charge in [-0.25, -0.2) is 13.4 Å². The summed E-state index contributed by atoms with van der Waals surface area (Å²) in [5.41, 5.74) is 1.46. The standard InChI is InChI=1S/C15H18N2O3S/c1-12(13-6-4-3-5-7-13)10-21(18,19)11-14-8-9-16-15(17-14)20-2/h3-9,12H,10-11H2,1-2H3. The zero-order chi connectivity index (χ0) is 15.3. The smallest absolute Gasteiger partial charge is 0.316 e. The van der Waals surface area contributed by atoms with Crippen LogP contribution in [0.4, 0.5) is 0 Å². The van der Waals surface area contributed by atoms with E-state index in [1.165, 1.54) is 13.3 Å². The van der Waals surface area contributed by atoms with Crippen LogP contribution in [0.25, 0.3) is 0 Å². The van der Waals surface area contributed by atoms with Gasteiger partial charge in [0.05, 0.1) is 24.3 Å². The molecule has 0 amide bonds. The van der Waals surface area contributed by atoms with Gasteiger partial charge in [-0.3, -0.25) is 0 Å². The molecule has 1 aromatic heterocycles. The van der Waals surface area contributed by atoms with Crippen molar-refractivity contribution in [1.82, 2.24) is 9.97 Å². The monoisotopic (exact) mass is 306 g/mol. The van der Waals surface area contributed by atoms with Crippen molar-refractivity contribution >= 4 is 9.84 Å². The van der Waals surface area contributed by atoms with Gasteiger partial charge in [0.2, 0.25) is 0 Å². The normalized spacial score (nSPS) is 12.9. The Morgan fingerprint density at radius 3 is 2.57 bits per heavy atom. The Morgan fingerprint density at radius 1 is 1.19 bits per heavy atom. The van der Waals surface area contributed by atoms with Crippen LogP contribution in [-0.4, -0.2) is 31.2 Å². The lowest BCUT2D eigenvalue weighted by molar-refractivity contribution is 0.378. The van der Waals surface area contributed by atoms with Crippen molar-refractivity contribution in [3.8, 4) is 6.01 Å². The Morgan fingerprint density at radius 2 is 1.90 bits per heavy atom. The quantitative estimate of drug-likeness (QED) is 0.818. The van der Waals surface area contributed by atoms with Gasteiger partial charge >= 0.3 is 6.01 Å². The second-order valence-electron chi connectivity index (χ2n) is 4.90. The molecule has 2 aromatic rings. The van der Waals surface area contributed by atoms with Gasteiger partial charge in [0.15, 0.2) is 9.84 Å². The lowest BCUT2D eigenvalue weighted by Crippen LogP contribution is -2.15. The Kier molecular flexibility index (Phi) is 4.90. The van der Waals surface area contributed by atoms with Gasteiger partial charge in [-0.05, 0) is 17.5 Å². The summed E-state index contributed by atoms with van der Waals surface area (Å²) in [6, 6.07) is 11.4. The van der Waals surface area contributed by atoms with Crippen molar-refractivity contribution in [2.24, 2.45) is 0 Å². The second kappa shape index (κ2) is 6.67. The predicted octanol–water partition coefficient (Wildman–Crippen LogP) is 2.20. The van der Waals surface area contributed by atoms with Crippen LogP contribution in [0.5, 0.6) is 6.01 Å². The lowest BCUT2D eigenvalue weighted by Gasteiger charge is -2.12. The predicted molar refractivity (Wildman–Crippen MR) is 80.9 cm³/mol. The summed E-state index contributed by atoms with van der Waals surface area (Å²) in [7, 11) is -1.80. The number of methoxy groups -OCH3 is 1. The summed E-state index contributed by atoms with van der Waals surface area (Å²) in [4.78, 5) is 7.91. The summed E-state index contributed by atoms with van der Waals surface area (Å²) < 4.78 is 29.5. The Labute approximate surface area is 124 Å². The van der Waals surface area contributed by atoms with Crippen LogP contribution in [-0.2, 0) is 15.6 Å². The van der Waals surface area contributed by atoms with Gasteiger partial charge in [-0.1, -0.05) is 37.3 Å². The summed E-state index contributed by atoms with van der Waals surface area (Å²) in [5, 5.41) is 0. The number of rotatable bonds is 6. The van der Waals surface area contributed by atoms with E-state index >= 15 is 0 Å². The van der Waals surface area contributed by atoms with Crippen molar-refractivity contribution in [2.45, 2.75) is 18.6 Å². The summed E-state index contributed by atoms with van der Waals surface area (Å²) in [6.07, 6.45) is 1.50. The van der Waals surface area contributed by atoms with E-state index < -0.39 is 9.84 Å². The topological polar surface area (TPSA) is 69.2 Å². The fourth-order valence-corrected chi connectivity index (χ4v) is 3.78. The van der Waals surface area contributed by atoms with Crippen molar-refractivity contribution in [1.29, 1.82) is 0 Å². The number of hydrogen-bond donors (Lipinski definition) is 0. The molecular formula is C15H18N2O3S. The van der Waals surface area contributed by atoms with E-state index in [9.17, 15) is 8.42 Å². The molecule has 0 saturated carbocycles. The lowest BCUT2D eigenvalue weighted by atomic mass is 10.0. The van der Waals surface area contributed by atoms with Crippen LogP contribution in [0.2, 0.25) is 0 Å². The molecular weight excluding hydrogens is 288 g/mol.